The van der Waals surface area contributed by atoms with Crippen LogP contribution in [0.2, 0.25) is 0 Å². The van der Waals surface area contributed by atoms with E-state index in [9.17, 15) is 4.79 Å². The molecule has 3 rings (SSSR count). The maximum atomic E-state index is 12.2. The lowest BCUT2D eigenvalue weighted by Crippen LogP contribution is -2.11. The third kappa shape index (κ3) is 5.11. The maximum Gasteiger partial charge on any atom is 0.224 e. The van der Waals surface area contributed by atoms with Crippen molar-refractivity contribution in [1.82, 2.24) is 4.57 Å². The number of aryl methyl sites for hydroxylation is 1. The molecule has 1 aromatic heterocycles. The highest BCUT2D eigenvalue weighted by Gasteiger charge is 2.06. The zero-order valence-corrected chi connectivity index (χ0v) is 15.9. The fourth-order valence-electron chi connectivity index (χ4n) is 3.13. The Kier molecular flexibility index (Phi) is 6.49. The molecule has 3 aromatic rings. The van der Waals surface area contributed by atoms with Gasteiger partial charge < -0.3 is 19.4 Å². The zero-order valence-electron chi connectivity index (χ0n) is 15.9. The van der Waals surface area contributed by atoms with Gasteiger partial charge in [-0.05, 0) is 54.8 Å². The van der Waals surface area contributed by atoms with Gasteiger partial charge in [0.15, 0.2) is 0 Å². The number of hydrogen-bond donors (Lipinski definition) is 1. The van der Waals surface area contributed by atoms with E-state index in [0.717, 1.165) is 41.7 Å². The Morgan fingerprint density at radius 3 is 2.63 bits per heavy atom. The van der Waals surface area contributed by atoms with Crippen LogP contribution in [0.3, 0.4) is 0 Å². The number of ether oxygens (including phenoxy) is 2. The standard InChI is InChI=1S/C22H26N2O3/c1-26-15-14-24-13-12-18-16-19(8-11-21(18)24)23-22(25)5-3-4-17-6-9-20(27-2)10-7-17/h6-13,16H,3-5,14-15H2,1-2H3,(H,23,25). The first-order valence-electron chi connectivity index (χ1n) is 9.20. The minimum absolute atomic E-state index is 0.0432. The first-order valence-corrected chi connectivity index (χ1v) is 9.20. The van der Waals surface area contributed by atoms with Gasteiger partial charge >= 0.3 is 0 Å². The van der Waals surface area contributed by atoms with Crippen molar-refractivity contribution in [2.24, 2.45) is 0 Å². The Morgan fingerprint density at radius 1 is 1.07 bits per heavy atom. The molecule has 0 saturated heterocycles. The summed E-state index contributed by atoms with van der Waals surface area (Å²) >= 11 is 0. The van der Waals surface area contributed by atoms with E-state index < -0.39 is 0 Å². The van der Waals surface area contributed by atoms with E-state index in [4.69, 9.17) is 9.47 Å². The average Bonchev–Trinajstić information content (AvgIpc) is 3.09. The molecule has 27 heavy (non-hydrogen) atoms. The minimum Gasteiger partial charge on any atom is -0.497 e. The molecule has 1 amide bonds. The molecule has 0 atom stereocenters. The van der Waals surface area contributed by atoms with Crippen LogP contribution >= 0.6 is 0 Å². The largest absolute Gasteiger partial charge is 0.497 e. The molecule has 5 nitrogen and oxygen atoms in total. The van der Waals surface area contributed by atoms with Gasteiger partial charge in [0, 0.05) is 42.9 Å². The van der Waals surface area contributed by atoms with Gasteiger partial charge in [-0.2, -0.15) is 0 Å². The number of nitrogens with zero attached hydrogens (tertiary/aromatic N) is 1. The number of benzene rings is 2. The second-order valence-corrected chi connectivity index (χ2v) is 6.53. The molecule has 142 valence electrons. The SMILES string of the molecule is COCCn1ccc2cc(NC(=O)CCCc3ccc(OC)cc3)ccc21. The van der Waals surface area contributed by atoms with Crippen molar-refractivity contribution in [1.29, 1.82) is 0 Å². The first-order chi connectivity index (χ1) is 13.2. The highest BCUT2D eigenvalue weighted by atomic mass is 16.5. The molecule has 0 unspecified atom stereocenters. The van der Waals surface area contributed by atoms with Crippen LogP contribution in [0.4, 0.5) is 5.69 Å². The Balaban J connectivity index is 1.51. The Bertz CT molecular complexity index is 884. The molecular weight excluding hydrogens is 340 g/mol. The number of methoxy groups -OCH3 is 2. The number of carbonyl (C=O) groups excluding carboxylic acids is 1. The highest BCUT2D eigenvalue weighted by molar-refractivity contribution is 5.93. The average molecular weight is 366 g/mol. The van der Waals surface area contributed by atoms with Crippen LogP contribution in [0.1, 0.15) is 18.4 Å². The number of amides is 1. The number of aromatic nitrogens is 1. The van der Waals surface area contributed by atoms with E-state index in [1.165, 1.54) is 5.56 Å². The summed E-state index contributed by atoms with van der Waals surface area (Å²) in [7, 11) is 3.36. The summed E-state index contributed by atoms with van der Waals surface area (Å²) in [5.74, 6) is 0.893. The molecule has 0 aliphatic rings. The van der Waals surface area contributed by atoms with Crippen molar-refractivity contribution in [3.63, 3.8) is 0 Å². The van der Waals surface area contributed by atoms with Gasteiger partial charge in [-0.15, -0.1) is 0 Å². The lowest BCUT2D eigenvalue weighted by atomic mass is 10.1. The Labute approximate surface area is 159 Å². The van der Waals surface area contributed by atoms with Gasteiger partial charge in [0.2, 0.25) is 5.91 Å². The van der Waals surface area contributed by atoms with Crippen molar-refractivity contribution >= 4 is 22.5 Å². The number of rotatable bonds is 9. The fraction of sp³-hybridized carbons (Fsp3) is 0.318. The molecular formula is C22H26N2O3. The zero-order chi connectivity index (χ0) is 19.1. The lowest BCUT2D eigenvalue weighted by Gasteiger charge is -2.08. The van der Waals surface area contributed by atoms with Crippen LogP contribution < -0.4 is 10.1 Å². The number of anilines is 1. The summed E-state index contributed by atoms with van der Waals surface area (Å²) in [6.45, 7) is 1.49. The van der Waals surface area contributed by atoms with Crippen molar-refractivity contribution in [2.45, 2.75) is 25.8 Å². The molecule has 0 radical (unpaired) electrons. The van der Waals surface area contributed by atoms with Gasteiger partial charge in [0.1, 0.15) is 5.75 Å². The predicted molar refractivity (Wildman–Crippen MR) is 108 cm³/mol. The number of carbonyl (C=O) groups is 1. The molecule has 1 N–H and O–H groups in total. The van der Waals surface area contributed by atoms with E-state index in [1.54, 1.807) is 14.2 Å². The third-order valence-electron chi connectivity index (χ3n) is 4.62. The monoisotopic (exact) mass is 366 g/mol. The third-order valence-corrected chi connectivity index (χ3v) is 4.62. The Morgan fingerprint density at radius 2 is 1.89 bits per heavy atom. The van der Waals surface area contributed by atoms with Gasteiger partial charge in [-0.1, -0.05) is 12.1 Å². The second-order valence-electron chi connectivity index (χ2n) is 6.53. The smallest absolute Gasteiger partial charge is 0.224 e. The van der Waals surface area contributed by atoms with Crippen LogP contribution in [0, 0.1) is 0 Å². The van der Waals surface area contributed by atoms with E-state index in [0.29, 0.717) is 13.0 Å². The van der Waals surface area contributed by atoms with Crippen molar-refractivity contribution in [2.75, 3.05) is 26.1 Å². The predicted octanol–water partition coefficient (Wildman–Crippen LogP) is 4.26. The molecule has 0 aliphatic carbocycles. The first kappa shape index (κ1) is 19.0. The maximum absolute atomic E-state index is 12.2. The molecule has 0 fully saturated rings. The molecule has 5 heteroatoms. The lowest BCUT2D eigenvalue weighted by molar-refractivity contribution is -0.116. The van der Waals surface area contributed by atoms with Crippen LogP contribution in [0.15, 0.2) is 54.7 Å². The van der Waals surface area contributed by atoms with E-state index in [-0.39, 0.29) is 5.91 Å². The van der Waals surface area contributed by atoms with E-state index in [1.807, 2.05) is 48.7 Å². The van der Waals surface area contributed by atoms with Crippen LogP contribution in [0.5, 0.6) is 5.75 Å². The van der Waals surface area contributed by atoms with Gasteiger partial charge in [-0.3, -0.25) is 4.79 Å². The topological polar surface area (TPSA) is 52.5 Å². The highest BCUT2D eigenvalue weighted by Crippen LogP contribution is 2.21. The molecule has 0 saturated carbocycles. The normalized spacial score (nSPS) is 10.9. The summed E-state index contributed by atoms with van der Waals surface area (Å²) in [4.78, 5) is 12.2. The van der Waals surface area contributed by atoms with Gasteiger partial charge in [0.25, 0.3) is 0 Å². The van der Waals surface area contributed by atoms with Crippen molar-refractivity contribution in [3.8, 4) is 5.75 Å². The number of nitrogens with one attached hydrogen (secondary N) is 1. The number of hydrogen-bond acceptors (Lipinski definition) is 3. The summed E-state index contributed by atoms with van der Waals surface area (Å²) in [6.07, 6.45) is 4.23. The number of fused-ring (bicyclic) bond motifs is 1. The van der Waals surface area contributed by atoms with E-state index in [2.05, 4.69) is 16.0 Å². The molecule has 2 aromatic carbocycles. The molecule has 0 bridgehead atoms. The van der Waals surface area contributed by atoms with Crippen molar-refractivity contribution in [3.05, 3.63) is 60.3 Å². The van der Waals surface area contributed by atoms with Crippen molar-refractivity contribution < 1.29 is 14.3 Å². The van der Waals surface area contributed by atoms with Crippen LogP contribution in [-0.4, -0.2) is 31.3 Å². The summed E-state index contributed by atoms with van der Waals surface area (Å²) < 4.78 is 12.4. The van der Waals surface area contributed by atoms with Gasteiger partial charge in [0.05, 0.1) is 13.7 Å². The van der Waals surface area contributed by atoms with Crippen LogP contribution in [0.25, 0.3) is 10.9 Å². The molecule has 0 spiro atoms. The summed E-state index contributed by atoms with van der Waals surface area (Å²) in [5.41, 5.74) is 3.19. The second kappa shape index (κ2) is 9.24. The molecule has 1 heterocycles. The minimum atomic E-state index is 0.0432. The summed E-state index contributed by atoms with van der Waals surface area (Å²) in [5, 5.41) is 4.11. The fourth-order valence-corrected chi connectivity index (χ4v) is 3.13. The quantitative estimate of drug-likeness (QED) is 0.616. The van der Waals surface area contributed by atoms with Crippen LogP contribution in [-0.2, 0) is 22.5 Å². The molecule has 0 aliphatic heterocycles. The summed E-state index contributed by atoms with van der Waals surface area (Å²) in [6, 6.07) is 16.0. The van der Waals surface area contributed by atoms with E-state index >= 15 is 0 Å². The van der Waals surface area contributed by atoms with Gasteiger partial charge in [-0.25, -0.2) is 0 Å². The Hall–Kier alpha value is -2.79.